The first-order valence-electron chi connectivity index (χ1n) is 11.5. The molecule has 174 valence electrons. The number of aliphatic hydroxyl groups is 1. The lowest BCUT2D eigenvalue weighted by Crippen LogP contribution is -2.35. The fourth-order valence-electron chi connectivity index (χ4n) is 4.55. The molecule has 1 N–H and O–H groups in total. The van der Waals surface area contributed by atoms with E-state index in [0.29, 0.717) is 24.6 Å². The molecule has 6 heteroatoms. The SMILES string of the molecule is CC(C)c1ccc([C@@H]2/C(=C(\O)c3ccc4c(c3)C[C@@H](C)O4)C(=O)C(=O)N2CCN(C)C)cc1. The zero-order chi connectivity index (χ0) is 23.9. The van der Waals surface area contributed by atoms with Crippen LogP contribution < -0.4 is 4.74 Å². The Hall–Kier alpha value is -3.12. The highest BCUT2D eigenvalue weighted by atomic mass is 16.5. The summed E-state index contributed by atoms with van der Waals surface area (Å²) in [5.74, 6) is -0.189. The van der Waals surface area contributed by atoms with E-state index in [1.807, 2.05) is 62.3 Å². The van der Waals surface area contributed by atoms with E-state index in [9.17, 15) is 14.7 Å². The monoisotopic (exact) mass is 448 g/mol. The fraction of sp³-hybridized carbons (Fsp3) is 0.407. The van der Waals surface area contributed by atoms with E-state index < -0.39 is 17.7 Å². The van der Waals surface area contributed by atoms with Crippen LogP contribution >= 0.6 is 0 Å². The van der Waals surface area contributed by atoms with Crippen molar-refractivity contribution in [2.75, 3.05) is 27.2 Å². The van der Waals surface area contributed by atoms with Gasteiger partial charge in [-0.25, -0.2) is 0 Å². The Labute approximate surface area is 195 Å². The average Bonchev–Trinajstić information content (AvgIpc) is 3.27. The first-order valence-corrected chi connectivity index (χ1v) is 11.5. The predicted octanol–water partition coefficient (Wildman–Crippen LogP) is 4.12. The second-order valence-electron chi connectivity index (χ2n) is 9.57. The molecule has 2 aliphatic heterocycles. The molecule has 0 unspecified atom stereocenters. The van der Waals surface area contributed by atoms with E-state index >= 15 is 0 Å². The average molecular weight is 449 g/mol. The second-order valence-corrected chi connectivity index (χ2v) is 9.57. The van der Waals surface area contributed by atoms with Crippen molar-refractivity contribution in [1.29, 1.82) is 0 Å². The summed E-state index contributed by atoms with van der Waals surface area (Å²) in [5.41, 5.74) is 3.66. The molecule has 2 aromatic carbocycles. The minimum absolute atomic E-state index is 0.0773. The molecule has 2 heterocycles. The molecule has 0 aliphatic carbocycles. The number of carbonyl (C=O) groups is 2. The molecule has 2 aromatic rings. The van der Waals surface area contributed by atoms with Crippen molar-refractivity contribution in [2.45, 2.75) is 45.3 Å². The first-order chi connectivity index (χ1) is 15.7. The van der Waals surface area contributed by atoms with Crippen LogP contribution in [0.2, 0.25) is 0 Å². The zero-order valence-electron chi connectivity index (χ0n) is 20.0. The number of rotatable bonds is 6. The first kappa shape index (κ1) is 23.1. The predicted molar refractivity (Wildman–Crippen MR) is 128 cm³/mol. The molecule has 2 aliphatic rings. The summed E-state index contributed by atoms with van der Waals surface area (Å²) in [4.78, 5) is 29.8. The number of Topliss-reactive ketones (excluding diaryl/α,β-unsaturated/α-hetero) is 1. The molecule has 2 atom stereocenters. The molecule has 33 heavy (non-hydrogen) atoms. The summed E-state index contributed by atoms with van der Waals surface area (Å²) in [6.45, 7) is 7.24. The lowest BCUT2D eigenvalue weighted by atomic mass is 9.92. The van der Waals surface area contributed by atoms with Gasteiger partial charge in [-0.05, 0) is 61.8 Å². The van der Waals surface area contributed by atoms with Crippen LogP contribution in [0.1, 0.15) is 55.0 Å². The number of likely N-dealkylation sites (N-methyl/N-ethyl adjacent to an activating group) is 1. The topological polar surface area (TPSA) is 70.1 Å². The van der Waals surface area contributed by atoms with Crippen LogP contribution in [0.3, 0.4) is 0 Å². The Morgan fingerprint density at radius 2 is 1.85 bits per heavy atom. The molecular weight excluding hydrogens is 416 g/mol. The number of ketones is 1. The van der Waals surface area contributed by atoms with E-state index in [2.05, 4.69) is 13.8 Å². The summed E-state index contributed by atoms with van der Waals surface area (Å²) in [7, 11) is 3.85. The van der Waals surface area contributed by atoms with E-state index in [4.69, 9.17) is 4.74 Å². The lowest BCUT2D eigenvalue weighted by molar-refractivity contribution is -0.140. The number of hydrogen-bond acceptors (Lipinski definition) is 5. The van der Waals surface area contributed by atoms with Crippen LogP contribution in [0, 0.1) is 0 Å². The van der Waals surface area contributed by atoms with Crippen molar-refractivity contribution < 1.29 is 19.4 Å². The number of ether oxygens (including phenoxy) is 1. The molecular formula is C27H32N2O4. The van der Waals surface area contributed by atoms with Crippen LogP contribution in [-0.4, -0.2) is 59.9 Å². The van der Waals surface area contributed by atoms with Gasteiger partial charge in [-0.2, -0.15) is 0 Å². The Kier molecular flexibility index (Phi) is 6.30. The lowest BCUT2D eigenvalue weighted by Gasteiger charge is -2.27. The molecule has 0 bridgehead atoms. The minimum Gasteiger partial charge on any atom is -0.507 e. The third-order valence-corrected chi connectivity index (χ3v) is 6.42. The largest absolute Gasteiger partial charge is 0.507 e. The highest BCUT2D eigenvalue weighted by Crippen LogP contribution is 2.40. The third kappa shape index (κ3) is 4.40. The molecule has 1 amide bonds. The number of benzene rings is 2. The van der Waals surface area contributed by atoms with Crippen molar-refractivity contribution in [3.05, 3.63) is 70.3 Å². The standard InChI is InChI=1S/C27H32N2O4/c1-16(2)18-6-8-19(9-7-18)24-23(26(31)27(32)29(24)13-12-28(4)5)25(30)20-10-11-22-21(15-20)14-17(3)33-22/h6-11,15-17,24,30H,12-14H2,1-5H3/b25-23+/t17-,24-/m1/s1. The van der Waals surface area contributed by atoms with Gasteiger partial charge in [0.2, 0.25) is 0 Å². The maximum Gasteiger partial charge on any atom is 0.295 e. The number of likely N-dealkylation sites (tertiary alicyclic amines) is 1. The maximum atomic E-state index is 13.2. The fourth-order valence-corrected chi connectivity index (χ4v) is 4.55. The number of hydrogen-bond donors (Lipinski definition) is 1. The molecule has 1 saturated heterocycles. The molecule has 6 nitrogen and oxygen atoms in total. The van der Waals surface area contributed by atoms with Gasteiger partial charge in [0.25, 0.3) is 11.7 Å². The highest BCUT2D eigenvalue weighted by molar-refractivity contribution is 6.46. The third-order valence-electron chi connectivity index (χ3n) is 6.42. The summed E-state index contributed by atoms with van der Waals surface area (Å²) < 4.78 is 5.77. The Bertz CT molecular complexity index is 1100. The Balaban J connectivity index is 1.80. The second kappa shape index (κ2) is 9.02. The number of fused-ring (bicyclic) bond motifs is 1. The van der Waals surface area contributed by atoms with Gasteiger partial charge in [0.1, 0.15) is 17.6 Å². The van der Waals surface area contributed by atoms with E-state index in [-0.39, 0.29) is 17.4 Å². The molecule has 1 fully saturated rings. The Morgan fingerprint density at radius 3 is 2.48 bits per heavy atom. The van der Waals surface area contributed by atoms with Crippen molar-refractivity contribution in [2.24, 2.45) is 0 Å². The van der Waals surface area contributed by atoms with Crippen molar-refractivity contribution in [1.82, 2.24) is 9.80 Å². The van der Waals surface area contributed by atoms with Crippen molar-refractivity contribution in [3.8, 4) is 5.75 Å². The van der Waals surface area contributed by atoms with E-state index in [1.165, 1.54) is 5.56 Å². The van der Waals surface area contributed by atoms with Gasteiger partial charge in [0.05, 0.1) is 11.6 Å². The van der Waals surface area contributed by atoms with Crippen LogP contribution in [0.25, 0.3) is 5.76 Å². The molecule has 0 saturated carbocycles. The van der Waals surface area contributed by atoms with Gasteiger partial charge in [0, 0.05) is 25.1 Å². The maximum absolute atomic E-state index is 13.2. The summed E-state index contributed by atoms with van der Waals surface area (Å²) in [5, 5.41) is 11.3. The zero-order valence-corrected chi connectivity index (χ0v) is 20.0. The van der Waals surface area contributed by atoms with Crippen LogP contribution in [0.5, 0.6) is 5.75 Å². The van der Waals surface area contributed by atoms with Gasteiger partial charge in [0.15, 0.2) is 0 Å². The van der Waals surface area contributed by atoms with E-state index in [1.54, 1.807) is 11.0 Å². The van der Waals surface area contributed by atoms with Crippen LogP contribution in [-0.2, 0) is 16.0 Å². The minimum atomic E-state index is -0.644. The van der Waals surface area contributed by atoms with Crippen molar-refractivity contribution >= 4 is 17.4 Å². The molecule has 0 aromatic heterocycles. The van der Waals surface area contributed by atoms with Gasteiger partial charge in [-0.1, -0.05) is 38.1 Å². The number of nitrogens with zero attached hydrogens (tertiary/aromatic N) is 2. The van der Waals surface area contributed by atoms with Gasteiger partial charge in [-0.3, -0.25) is 9.59 Å². The van der Waals surface area contributed by atoms with Crippen LogP contribution in [0.15, 0.2) is 48.0 Å². The van der Waals surface area contributed by atoms with Crippen LogP contribution in [0.4, 0.5) is 0 Å². The number of carbonyl (C=O) groups excluding carboxylic acids is 2. The van der Waals surface area contributed by atoms with Crippen molar-refractivity contribution in [3.63, 3.8) is 0 Å². The quantitative estimate of drug-likeness (QED) is 0.409. The van der Waals surface area contributed by atoms with Gasteiger partial charge in [-0.15, -0.1) is 0 Å². The van der Waals surface area contributed by atoms with E-state index in [0.717, 1.165) is 23.3 Å². The molecule has 0 spiro atoms. The van der Waals surface area contributed by atoms with Gasteiger partial charge < -0.3 is 19.6 Å². The molecule has 0 radical (unpaired) electrons. The number of aliphatic hydroxyl groups excluding tert-OH is 1. The smallest absolute Gasteiger partial charge is 0.295 e. The summed E-state index contributed by atoms with van der Waals surface area (Å²) in [6, 6.07) is 12.8. The highest BCUT2D eigenvalue weighted by Gasteiger charge is 2.46. The summed E-state index contributed by atoms with van der Waals surface area (Å²) >= 11 is 0. The summed E-state index contributed by atoms with van der Waals surface area (Å²) in [6.07, 6.45) is 0.821. The molecule has 4 rings (SSSR count). The number of amides is 1. The van der Waals surface area contributed by atoms with Gasteiger partial charge >= 0.3 is 0 Å². The Morgan fingerprint density at radius 1 is 1.15 bits per heavy atom. The normalized spacial score (nSPS) is 21.7.